The number of rotatable bonds is 2. The van der Waals surface area contributed by atoms with Gasteiger partial charge in [-0.1, -0.05) is 36.4 Å². The van der Waals surface area contributed by atoms with Gasteiger partial charge in [-0.25, -0.2) is 0 Å². The number of fused-ring (bicyclic) bond motifs is 1. The highest BCUT2D eigenvalue weighted by molar-refractivity contribution is 6.11. The molecular formula is C15H14O. The summed E-state index contributed by atoms with van der Waals surface area (Å²) in [6, 6.07) is 12.3. The molecule has 0 spiro atoms. The molecule has 80 valence electrons. The van der Waals surface area contributed by atoms with E-state index in [4.69, 9.17) is 0 Å². The highest BCUT2D eigenvalue weighted by Crippen LogP contribution is 2.35. The predicted molar refractivity (Wildman–Crippen MR) is 65.7 cm³/mol. The summed E-state index contributed by atoms with van der Waals surface area (Å²) in [7, 11) is 0. The standard InChI is InChI=1S/C15H14O/c1-10-6-7-11-4-2-3-5-13(11)14(10)15(16)12-8-9-12/h2-7,12H,8-9H2,1H3. The Bertz CT molecular complexity index is 565. The first-order chi connectivity index (χ1) is 7.77. The van der Waals surface area contributed by atoms with E-state index in [0.717, 1.165) is 34.7 Å². The van der Waals surface area contributed by atoms with Gasteiger partial charge in [0.25, 0.3) is 0 Å². The van der Waals surface area contributed by atoms with E-state index in [-0.39, 0.29) is 0 Å². The van der Waals surface area contributed by atoms with Gasteiger partial charge in [-0.2, -0.15) is 0 Å². The first kappa shape index (κ1) is 9.59. The zero-order valence-corrected chi connectivity index (χ0v) is 9.36. The van der Waals surface area contributed by atoms with Crippen molar-refractivity contribution in [2.75, 3.05) is 0 Å². The smallest absolute Gasteiger partial charge is 0.166 e. The normalized spacial score (nSPS) is 15.3. The van der Waals surface area contributed by atoms with E-state index in [1.165, 1.54) is 0 Å². The lowest BCUT2D eigenvalue weighted by molar-refractivity contribution is 0.0968. The molecule has 2 aromatic rings. The predicted octanol–water partition coefficient (Wildman–Crippen LogP) is 3.74. The van der Waals surface area contributed by atoms with Crippen LogP contribution in [0.25, 0.3) is 10.8 Å². The molecule has 2 aromatic carbocycles. The lowest BCUT2D eigenvalue weighted by Gasteiger charge is -2.08. The molecule has 1 heteroatoms. The second-order valence-corrected chi connectivity index (χ2v) is 4.62. The molecule has 16 heavy (non-hydrogen) atoms. The molecule has 3 rings (SSSR count). The first-order valence-corrected chi connectivity index (χ1v) is 5.80. The lowest BCUT2D eigenvalue weighted by atomic mass is 9.95. The van der Waals surface area contributed by atoms with Crippen molar-refractivity contribution in [2.45, 2.75) is 19.8 Å². The Labute approximate surface area is 95.1 Å². The quantitative estimate of drug-likeness (QED) is 0.690. The summed E-state index contributed by atoms with van der Waals surface area (Å²) in [6.07, 6.45) is 2.14. The van der Waals surface area contributed by atoms with Crippen LogP contribution in [-0.4, -0.2) is 5.78 Å². The van der Waals surface area contributed by atoms with Crippen LogP contribution >= 0.6 is 0 Å². The number of hydrogen-bond acceptors (Lipinski definition) is 1. The summed E-state index contributed by atoms with van der Waals surface area (Å²) in [5, 5.41) is 2.27. The van der Waals surface area contributed by atoms with E-state index in [9.17, 15) is 4.79 Å². The summed E-state index contributed by atoms with van der Waals surface area (Å²) in [5.41, 5.74) is 2.05. The minimum absolute atomic E-state index is 0.296. The minimum atomic E-state index is 0.296. The van der Waals surface area contributed by atoms with Gasteiger partial charge in [0.2, 0.25) is 0 Å². The van der Waals surface area contributed by atoms with Crippen LogP contribution in [0.3, 0.4) is 0 Å². The van der Waals surface area contributed by atoms with Crippen molar-refractivity contribution >= 4 is 16.6 Å². The Morgan fingerprint density at radius 1 is 1.12 bits per heavy atom. The minimum Gasteiger partial charge on any atom is -0.294 e. The molecule has 0 N–H and O–H groups in total. The van der Waals surface area contributed by atoms with Gasteiger partial charge in [0, 0.05) is 11.5 Å². The van der Waals surface area contributed by atoms with Crippen LogP contribution in [0.2, 0.25) is 0 Å². The Balaban J connectivity index is 2.27. The van der Waals surface area contributed by atoms with E-state index in [1.807, 2.05) is 19.1 Å². The number of carbonyl (C=O) groups is 1. The van der Waals surface area contributed by atoms with Crippen LogP contribution in [0.5, 0.6) is 0 Å². The Morgan fingerprint density at radius 3 is 2.62 bits per heavy atom. The summed E-state index contributed by atoms with van der Waals surface area (Å²) in [5.74, 6) is 0.638. The molecule has 0 bridgehead atoms. The topological polar surface area (TPSA) is 17.1 Å². The molecule has 0 amide bonds. The molecule has 0 unspecified atom stereocenters. The average molecular weight is 210 g/mol. The van der Waals surface area contributed by atoms with Crippen LogP contribution in [0.15, 0.2) is 36.4 Å². The number of aryl methyl sites for hydroxylation is 1. The summed E-state index contributed by atoms with van der Waals surface area (Å²) in [6.45, 7) is 2.03. The molecule has 1 fully saturated rings. The van der Waals surface area contributed by atoms with Crippen molar-refractivity contribution < 1.29 is 4.79 Å². The zero-order chi connectivity index (χ0) is 11.1. The Morgan fingerprint density at radius 2 is 1.88 bits per heavy atom. The molecule has 0 saturated heterocycles. The molecule has 0 aromatic heterocycles. The van der Waals surface area contributed by atoms with Crippen molar-refractivity contribution in [1.29, 1.82) is 0 Å². The third-order valence-corrected chi connectivity index (χ3v) is 3.33. The van der Waals surface area contributed by atoms with Crippen molar-refractivity contribution in [3.63, 3.8) is 0 Å². The maximum absolute atomic E-state index is 12.2. The monoisotopic (exact) mass is 210 g/mol. The van der Waals surface area contributed by atoms with E-state index < -0.39 is 0 Å². The summed E-state index contributed by atoms with van der Waals surface area (Å²) in [4.78, 5) is 12.2. The SMILES string of the molecule is Cc1ccc2ccccc2c1C(=O)C1CC1. The molecule has 1 aliphatic carbocycles. The second kappa shape index (κ2) is 3.44. The summed E-state index contributed by atoms with van der Waals surface area (Å²) >= 11 is 0. The lowest BCUT2D eigenvalue weighted by Crippen LogP contribution is -2.04. The first-order valence-electron chi connectivity index (χ1n) is 5.80. The van der Waals surface area contributed by atoms with Crippen LogP contribution in [0.4, 0.5) is 0 Å². The molecule has 0 radical (unpaired) electrons. The third-order valence-electron chi connectivity index (χ3n) is 3.33. The van der Waals surface area contributed by atoms with Gasteiger partial charge in [-0.3, -0.25) is 4.79 Å². The number of hydrogen-bond donors (Lipinski definition) is 0. The van der Waals surface area contributed by atoms with Crippen molar-refractivity contribution in [1.82, 2.24) is 0 Å². The second-order valence-electron chi connectivity index (χ2n) is 4.62. The molecular weight excluding hydrogens is 196 g/mol. The maximum Gasteiger partial charge on any atom is 0.166 e. The van der Waals surface area contributed by atoms with Gasteiger partial charge < -0.3 is 0 Å². The molecule has 0 atom stereocenters. The largest absolute Gasteiger partial charge is 0.294 e. The number of benzene rings is 2. The Kier molecular flexibility index (Phi) is 2.06. The number of ketones is 1. The zero-order valence-electron chi connectivity index (χ0n) is 9.36. The van der Waals surface area contributed by atoms with Gasteiger partial charge in [0.05, 0.1) is 0 Å². The Hall–Kier alpha value is -1.63. The van der Waals surface area contributed by atoms with Gasteiger partial charge in [-0.15, -0.1) is 0 Å². The molecule has 0 aliphatic heterocycles. The molecule has 1 nitrogen and oxygen atoms in total. The van der Waals surface area contributed by atoms with Crippen LogP contribution in [0.1, 0.15) is 28.8 Å². The fourth-order valence-electron chi connectivity index (χ4n) is 2.26. The van der Waals surface area contributed by atoms with Crippen molar-refractivity contribution in [2.24, 2.45) is 5.92 Å². The highest BCUT2D eigenvalue weighted by Gasteiger charge is 2.31. The van der Waals surface area contributed by atoms with Gasteiger partial charge in [0.1, 0.15) is 0 Å². The van der Waals surface area contributed by atoms with E-state index in [0.29, 0.717) is 11.7 Å². The number of carbonyl (C=O) groups excluding carboxylic acids is 1. The van der Waals surface area contributed by atoms with Crippen LogP contribution < -0.4 is 0 Å². The van der Waals surface area contributed by atoms with Gasteiger partial charge in [0.15, 0.2) is 5.78 Å². The van der Waals surface area contributed by atoms with E-state index in [2.05, 4.69) is 24.3 Å². The fourth-order valence-corrected chi connectivity index (χ4v) is 2.26. The molecule has 1 saturated carbocycles. The number of Topliss-reactive ketones (excluding diaryl/α,β-unsaturated/α-hetero) is 1. The van der Waals surface area contributed by atoms with Gasteiger partial charge in [-0.05, 0) is 36.1 Å². The fraction of sp³-hybridized carbons (Fsp3) is 0.267. The average Bonchev–Trinajstić information content (AvgIpc) is 3.12. The van der Waals surface area contributed by atoms with Crippen molar-refractivity contribution in [3.05, 3.63) is 47.5 Å². The third kappa shape index (κ3) is 1.44. The maximum atomic E-state index is 12.2. The van der Waals surface area contributed by atoms with Crippen LogP contribution in [0, 0.1) is 12.8 Å². The molecule has 0 heterocycles. The van der Waals surface area contributed by atoms with Gasteiger partial charge >= 0.3 is 0 Å². The highest BCUT2D eigenvalue weighted by atomic mass is 16.1. The van der Waals surface area contributed by atoms with E-state index >= 15 is 0 Å². The van der Waals surface area contributed by atoms with E-state index in [1.54, 1.807) is 0 Å². The van der Waals surface area contributed by atoms with Crippen molar-refractivity contribution in [3.8, 4) is 0 Å². The van der Waals surface area contributed by atoms with Crippen LogP contribution in [-0.2, 0) is 0 Å². The summed E-state index contributed by atoms with van der Waals surface area (Å²) < 4.78 is 0. The molecule has 1 aliphatic rings.